The van der Waals surface area contributed by atoms with Crippen LogP contribution in [0.25, 0.3) is 21.8 Å². The molecular weight excluding hydrogens is 310 g/mol. The van der Waals surface area contributed by atoms with Gasteiger partial charge in [0.05, 0.1) is 17.9 Å². The first-order chi connectivity index (χ1) is 11.2. The first-order valence-electron chi connectivity index (χ1n) is 7.20. The number of benzene rings is 2. The van der Waals surface area contributed by atoms with Crippen molar-refractivity contribution in [2.45, 2.75) is 6.92 Å². The topological polar surface area (TPSA) is 59.4 Å². The summed E-state index contributed by atoms with van der Waals surface area (Å²) in [6.45, 7) is 2.58. The number of thiazole rings is 1. The molecule has 0 spiro atoms. The zero-order chi connectivity index (χ0) is 16.2. The molecule has 2 aromatic carbocycles. The number of ether oxygens (including phenoxy) is 1. The molecule has 3 rings (SSSR count). The summed E-state index contributed by atoms with van der Waals surface area (Å²) >= 11 is 1.53. The fourth-order valence-electron chi connectivity index (χ4n) is 2.21. The Morgan fingerprint density at radius 3 is 2.65 bits per heavy atom. The van der Waals surface area contributed by atoms with Crippen molar-refractivity contribution in [1.82, 2.24) is 4.98 Å². The Hall–Kier alpha value is -2.66. The zero-order valence-electron chi connectivity index (χ0n) is 12.5. The van der Waals surface area contributed by atoms with Crippen LogP contribution in [0.3, 0.4) is 0 Å². The fourth-order valence-corrected chi connectivity index (χ4v) is 3.04. The van der Waals surface area contributed by atoms with Gasteiger partial charge in [0.25, 0.3) is 0 Å². The van der Waals surface area contributed by atoms with Gasteiger partial charge in [-0.25, -0.2) is 9.78 Å². The summed E-state index contributed by atoms with van der Waals surface area (Å²) in [5, 5.41) is 11.8. The van der Waals surface area contributed by atoms with Crippen LogP contribution >= 0.6 is 11.3 Å². The maximum absolute atomic E-state index is 10.9. The molecule has 0 aliphatic carbocycles. The molecule has 0 radical (unpaired) electrons. The van der Waals surface area contributed by atoms with Crippen LogP contribution in [0.2, 0.25) is 0 Å². The minimum Gasteiger partial charge on any atom is -0.494 e. The number of carboxylic acid groups (broad SMARTS) is 1. The standard InChI is InChI=1S/C18H15NO3S/c1-2-22-15-5-3-4-14(10-15)16-11-23-17(19-16)12-6-8-13(9-7-12)18(20)21/h3-11H,2H2,1H3,(H,20,21). The van der Waals surface area contributed by atoms with E-state index in [2.05, 4.69) is 4.98 Å². The van der Waals surface area contributed by atoms with Crippen molar-refractivity contribution >= 4 is 17.3 Å². The van der Waals surface area contributed by atoms with Crippen molar-refractivity contribution in [2.24, 2.45) is 0 Å². The molecule has 3 aromatic rings. The van der Waals surface area contributed by atoms with E-state index in [1.54, 1.807) is 24.3 Å². The van der Waals surface area contributed by atoms with Crippen LogP contribution in [0.4, 0.5) is 0 Å². The number of hydrogen-bond donors (Lipinski definition) is 1. The van der Waals surface area contributed by atoms with Crippen LogP contribution in [-0.2, 0) is 0 Å². The van der Waals surface area contributed by atoms with Crippen LogP contribution in [-0.4, -0.2) is 22.7 Å². The van der Waals surface area contributed by atoms with Crippen molar-refractivity contribution in [1.29, 1.82) is 0 Å². The second kappa shape index (κ2) is 6.62. The number of nitrogens with zero attached hydrogens (tertiary/aromatic N) is 1. The van der Waals surface area contributed by atoms with Gasteiger partial charge < -0.3 is 9.84 Å². The fraction of sp³-hybridized carbons (Fsp3) is 0.111. The monoisotopic (exact) mass is 325 g/mol. The van der Waals surface area contributed by atoms with Crippen LogP contribution in [0.5, 0.6) is 5.75 Å². The minimum atomic E-state index is -0.927. The van der Waals surface area contributed by atoms with Gasteiger partial charge in [-0.1, -0.05) is 24.3 Å². The smallest absolute Gasteiger partial charge is 0.335 e. The molecule has 23 heavy (non-hydrogen) atoms. The normalized spacial score (nSPS) is 10.5. The van der Waals surface area contributed by atoms with E-state index in [0.29, 0.717) is 6.61 Å². The molecule has 0 bridgehead atoms. The number of carboxylic acids is 1. The van der Waals surface area contributed by atoms with E-state index in [1.807, 2.05) is 36.6 Å². The van der Waals surface area contributed by atoms with Gasteiger partial charge in [-0.15, -0.1) is 11.3 Å². The highest BCUT2D eigenvalue weighted by atomic mass is 32.1. The highest BCUT2D eigenvalue weighted by Gasteiger charge is 2.09. The average Bonchev–Trinajstić information content (AvgIpc) is 3.05. The molecule has 0 saturated carbocycles. The zero-order valence-corrected chi connectivity index (χ0v) is 13.3. The van der Waals surface area contributed by atoms with E-state index in [1.165, 1.54) is 11.3 Å². The van der Waals surface area contributed by atoms with Crippen LogP contribution in [0.15, 0.2) is 53.9 Å². The molecule has 1 N–H and O–H groups in total. The van der Waals surface area contributed by atoms with Gasteiger partial charge >= 0.3 is 5.97 Å². The molecule has 0 atom stereocenters. The van der Waals surface area contributed by atoms with E-state index >= 15 is 0 Å². The molecule has 0 saturated heterocycles. The van der Waals surface area contributed by atoms with E-state index < -0.39 is 5.97 Å². The highest BCUT2D eigenvalue weighted by Crippen LogP contribution is 2.30. The van der Waals surface area contributed by atoms with Crippen LogP contribution < -0.4 is 4.74 Å². The highest BCUT2D eigenvalue weighted by molar-refractivity contribution is 7.13. The van der Waals surface area contributed by atoms with E-state index in [0.717, 1.165) is 27.6 Å². The molecule has 0 fully saturated rings. The summed E-state index contributed by atoms with van der Waals surface area (Å²) in [4.78, 5) is 15.5. The quantitative estimate of drug-likeness (QED) is 0.746. The van der Waals surface area contributed by atoms with Crippen molar-refractivity contribution < 1.29 is 14.6 Å². The molecule has 116 valence electrons. The summed E-state index contributed by atoms with van der Waals surface area (Å²) < 4.78 is 5.52. The molecule has 0 unspecified atom stereocenters. The maximum Gasteiger partial charge on any atom is 0.335 e. The Morgan fingerprint density at radius 1 is 1.17 bits per heavy atom. The van der Waals surface area contributed by atoms with Gasteiger partial charge in [0, 0.05) is 16.5 Å². The summed E-state index contributed by atoms with van der Waals surface area (Å²) in [5.74, 6) is -0.102. The number of hydrogen-bond acceptors (Lipinski definition) is 4. The number of aromatic nitrogens is 1. The summed E-state index contributed by atoms with van der Waals surface area (Å²) in [6, 6.07) is 14.6. The van der Waals surface area contributed by atoms with Crippen molar-refractivity contribution in [3.63, 3.8) is 0 Å². The minimum absolute atomic E-state index is 0.273. The van der Waals surface area contributed by atoms with Gasteiger partial charge in [0.2, 0.25) is 0 Å². The predicted molar refractivity (Wildman–Crippen MR) is 91.1 cm³/mol. The van der Waals surface area contributed by atoms with Gasteiger partial charge in [-0.3, -0.25) is 0 Å². The Labute approximate surface area is 138 Å². The summed E-state index contributed by atoms with van der Waals surface area (Å²) in [6.07, 6.45) is 0. The van der Waals surface area contributed by atoms with Gasteiger partial charge in [-0.2, -0.15) is 0 Å². The third kappa shape index (κ3) is 3.40. The first-order valence-corrected chi connectivity index (χ1v) is 8.08. The second-order valence-electron chi connectivity index (χ2n) is 4.88. The molecular formula is C18H15NO3S. The predicted octanol–water partition coefficient (Wildman–Crippen LogP) is 4.57. The second-order valence-corrected chi connectivity index (χ2v) is 5.74. The summed E-state index contributed by atoms with van der Waals surface area (Å²) in [7, 11) is 0. The lowest BCUT2D eigenvalue weighted by Crippen LogP contribution is -1.94. The van der Waals surface area contributed by atoms with Crippen LogP contribution in [0, 0.1) is 0 Å². The molecule has 0 amide bonds. The first kappa shape index (κ1) is 15.2. The van der Waals surface area contributed by atoms with Gasteiger partial charge in [0.15, 0.2) is 0 Å². The van der Waals surface area contributed by atoms with E-state index in [4.69, 9.17) is 9.84 Å². The Balaban J connectivity index is 1.88. The molecule has 1 aromatic heterocycles. The molecule has 5 heteroatoms. The molecule has 1 heterocycles. The lowest BCUT2D eigenvalue weighted by Gasteiger charge is -2.04. The molecule has 0 aliphatic heterocycles. The van der Waals surface area contributed by atoms with E-state index in [9.17, 15) is 4.79 Å². The molecule has 4 nitrogen and oxygen atoms in total. The molecule has 0 aliphatic rings. The van der Waals surface area contributed by atoms with Gasteiger partial charge in [-0.05, 0) is 31.2 Å². The maximum atomic E-state index is 10.9. The van der Waals surface area contributed by atoms with Crippen molar-refractivity contribution in [3.8, 4) is 27.6 Å². The largest absolute Gasteiger partial charge is 0.494 e. The summed E-state index contributed by atoms with van der Waals surface area (Å²) in [5.41, 5.74) is 3.07. The third-order valence-corrected chi connectivity index (χ3v) is 4.22. The van der Waals surface area contributed by atoms with Crippen LogP contribution in [0.1, 0.15) is 17.3 Å². The van der Waals surface area contributed by atoms with Gasteiger partial charge in [0.1, 0.15) is 10.8 Å². The lowest BCUT2D eigenvalue weighted by molar-refractivity contribution is 0.0697. The number of aromatic carboxylic acids is 1. The SMILES string of the molecule is CCOc1cccc(-c2csc(-c3ccc(C(=O)O)cc3)n2)c1. The average molecular weight is 325 g/mol. The number of rotatable bonds is 5. The Morgan fingerprint density at radius 2 is 1.96 bits per heavy atom. The number of carbonyl (C=O) groups is 1. The van der Waals surface area contributed by atoms with Crippen molar-refractivity contribution in [2.75, 3.05) is 6.61 Å². The third-order valence-electron chi connectivity index (χ3n) is 3.32. The lowest BCUT2D eigenvalue weighted by atomic mass is 10.1. The van der Waals surface area contributed by atoms with E-state index in [-0.39, 0.29) is 5.56 Å². The van der Waals surface area contributed by atoms with Crippen molar-refractivity contribution in [3.05, 3.63) is 59.5 Å². The Bertz CT molecular complexity index is 824. The Kier molecular flexibility index (Phi) is 4.39.